The zero-order valence-corrected chi connectivity index (χ0v) is 7.85. The van der Waals surface area contributed by atoms with Gasteiger partial charge in [0.1, 0.15) is 0 Å². The molecule has 0 bridgehead atoms. The Kier molecular flexibility index (Phi) is 3.31. The summed E-state index contributed by atoms with van der Waals surface area (Å²) in [6, 6.07) is 0. The molecule has 1 aromatic heterocycles. The van der Waals surface area contributed by atoms with Crippen LogP contribution in [-0.2, 0) is 6.42 Å². The molecule has 0 atom stereocenters. The van der Waals surface area contributed by atoms with Crippen molar-refractivity contribution < 1.29 is 14.6 Å². The van der Waals surface area contributed by atoms with E-state index in [1.54, 1.807) is 14.2 Å². The quantitative estimate of drug-likeness (QED) is 0.757. The van der Waals surface area contributed by atoms with E-state index in [2.05, 4.69) is 4.37 Å². The Balaban J connectivity index is 2.90. The fraction of sp³-hybridized carbons (Fsp3) is 0.571. The first-order valence-corrected chi connectivity index (χ1v) is 4.28. The molecule has 0 fully saturated rings. The van der Waals surface area contributed by atoms with Crippen molar-refractivity contribution >= 4 is 11.5 Å². The van der Waals surface area contributed by atoms with Gasteiger partial charge in [0.25, 0.3) is 0 Å². The third kappa shape index (κ3) is 1.67. The minimum Gasteiger partial charge on any atom is -0.486 e. The number of aliphatic hydroxyl groups is 1. The molecule has 0 aromatic carbocycles. The van der Waals surface area contributed by atoms with Gasteiger partial charge in [-0.2, -0.15) is 4.37 Å². The number of nitrogens with zero attached hydrogens (tertiary/aromatic N) is 1. The Bertz CT molecular complexity index is 227. The van der Waals surface area contributed by atoms with Crippen LogP contribution in [-0.4, -0.2) is 30.3 Å². The van der Waals surface area contributed by atoms with Crippen LogP contribution < -0.4 is 9.47 Å². The highest BCUT2D eigenvalue weighted by Gasteiger charge is 2.13. The van der Waals surface area contributed by atoms with Crippen molar-refractivity contribution in [2.75, 3.05) is 20.8 Å². The molecule has 1 rings (SSSR count). The van der Waals surface area contributed by atoms with Crippen molar-refractivity contribution in [3.05, 3.63) is 5.56 Å². The lowest BCUT2D eigenvalue weighted by atomic mass is 10.2. The summed E-state index contributed by atoms with van der Waals surface area (Å²) in [4.78, 5) is 0. The molecule has 1 aromatic rings. The van der Waals surface area contributed by atoms with Crippen molar-refractivity contribution in [3.8, 4) is 10.9 Å². The second-order valence-corrected chi connectivity index (χ2v) is 2.87. The first-order chi connectivity index (χ1) is 5.83. The lowest BCUT2D eigenvalue weighted by Crippen LogP contribution is -1.95. The molecule has 68 valence electrons. The fourth-order valence-electron chi connectivity index (χ4n) is 0.922. The molecule has 0 aliphatic rings. The summed E-state index contributed by atoms with van der Waals surface area (Å²) < 4.78 is 14.0. The Morgan fingerprint density at radius 3 is 2.67 bits per heavy atom. The first kappa shape index (κ1) is 9.28. The lowest BCUT2D eigenvalue weighted by molar-refractivity contribution is 0.293. The standard InChI is InChI=1S/C7H11NO3S/c1-10-6-5(3-4-9)7(11-2)12-8-6/h9H,3-4H2,1-2H3. The molecule has 0 amide bonds. The Morgan fingerprint density at radius 2 is 2.17 bits per heavy atom. The largest absolute Gasteiger partial charge is 0.486 e. The summed E-state index contributed by atoms with van der Waals surface area (Å²) >= 11 is 1.23. The molecule has 0 unspecified atom stereocenters. The predicted molar refractivity (Wildman–Crippen MR) is 46.0 cm³/mol. The summed E-state index contributed by atoms with van der Waals surface area (Å²) in [5.74, 6) is 0.547. The van der Waals surface area contributed by atoms with E-state index in [0.29, 0.717) is 17.4 Å². The van der Waals surface area contributed by atoms with Crippen LogP contribution in [0.25, 0.3) is 0 Å². The zero-order chi connectivity index (χ0) is 8.97. The van der Waals surface area contributed by atoms with Crippen LogP contribution in [0.1, 0.15) is 5.56 Å². The van der Waals surface area contributed by atoms with E-state index in [9.17, 15) is 0 Å². The summed E-state index contributed by atoms with van der Waals surface area (Å²) in [7, 11) is 3.13. The highest BCUT2D eigenvalue weighted by atomic mass is 32.1. The van der Waals surface area contributed by atoms with Gasteiger partial charge >= 0.3 is 0 Å². The minimum absolute atomic E-state index is 0.0745. The average molecular weight is 189 g/mol. The maximum Gasteiger partial charge on any atom is 0.232 e. The maximum atomic E-state index is 8.74. The van der Waals surface area contributed by atoms with Crippen LogP contribution >= 0.6 is 11.5 Å². The number of aromatic nitrogens is 1. The number of ether oxygens (including phenoxy) is 2. The van der Waals surface area contributed by atoms with E-state index in [1.807, 2.05) is 0 Å². The molecule has 0 saturated heterocycles. The van der Waals surface area contributed by atoms with E-state index in [0.717, 1.165) is 5.56 Å². The predicted octanol–water partition coefficient (Wildman–Crippen LogP) is 0.695. The monoisotopic (exact) mass is 189 g/mol. The molecule has 0 saturated carbocycles. The normalized spacial score (nSPS) is 9.92. The summed E-state index contributed by atoms with van der Waals surface area (Å²) in [6.07, 6.45) is 0.517. The molecule has 5 heteroatoms. The lowest BCUT2D eigenvalue weighted by Gasteiger charge is -2.00. The van der Waals surface area contributed by atoms with Gasteiger partial charge in [-0.3, -0.25) is 0 Å². The van der Waals surface area contributed by atoms with Gasteiger partial charge in [0.15, 0.2) is 5.06 Å². The van der Waals surface area contributed by atoms with Gasteiger partial charge in [-0.1, -0.05) is 0 Å². The average Bonchev–Trinajstić information content (AvgIpc) is 2.48. The van der Waals surface area contributed by atoms with Crippen molar-refractivity contribution in [3.63, 3.8) is 0 Å². The van der Waals surface area contributed by atoms with Crippen LogP contribution in [0.2, 0.25) is 0 Å². The molecule has 4 nitrogen and oxygen atoms in total. The van der Waals surface area contributed by atoms with Crippen molar-refractivity contribution in [2.24, 2.45) is 0 Å². The Labute approximate surface area is 74.9 Å². The smallest absolute Gasteiger partial charge is 0.232 e. The number of hydrogen-bond donors (Lipinski definition) is 1. The van der Waals surface area contributed by atoms with E-state index in [4.69, 9.17) is 14.6 Å². The third-order valence-corrected chi connectivity index (χ3v) is 2.29. The van der Waals surface area contributed by atoms with Crippen molar-refractivity contribution in [1.29, 1.82) is 0 Å². The van der Waals surface area contributed by atoms with Crippen LogP contribution in [0.4, 0.5) is 0 Å². The number of methoxy groups -OCH3 is 2. The number of rotatable bonds is 4. The molecule has 0 radical (unpaired) electrons. The molecule has 0 spiro atoms. The molecule has 0 aliphatic heterocycles. The number of hydrogen-bond acceptors (Lipinski definition) is 5. The molecule has 1 N–H and O–H groups in total. The van der Waals surface area contributed by atoms with E-state index >= 15 is 0 Å². The molecule has 0 aliphatic carbocycles. The molecule has 12 heavy (non-hydrogen) atoms. The topological polar surface area (TPSA) is 51.6 Å². The SMILES string of the molecule is COc1nsc(OC)c1CCO. The van der Waals surface area contributed by atoms with Gasteiger partial charge < -0.3 is 14.6 Å². The van der Waals surface area contributed by atoms with Crippen LogP contribution in [0.15, 0.2) is 0 Å². The van der Waals surface area contributed by atoms with E-state index in [1.165, 1.54) is 11.5 Å². The van der Waals surface area contributed by atoms with Gasteiger partial charge in [0.05, 0.1) is 19.8 Å². The zero-order valence-electron chi connectivity index (χ0n) is 7.03. The first-order valence-electron chi connectivity index (χ1n) is 3.50. The second-order valence-electron chi connectivity index (χ2n) is 2.14. The van der Waals surface area contributed by atoms with Gasteiger partial charge in [0, 0.05) is 24.6 Å². The van der Waals surface area contributed by atoms with Gasteiger partial charge in [0.2, 0.25) is 5.88 Å². The highest BCUT2D eigenvalue weighted by molar-refractivity contribution is 7.08. The summed E-state index contributed by atoms with van der Waals surface area (Å²) in [6.45, 7) is 0.0745. The molecule has 1 heterocycles. The molecular weight excluding hydrogens is 178 g/mol. The van der Waals surface area contributed by atoms with E-state index < -0.39 is 0 Å². The van der Waals surface area contributed by atoms with Crippen molar-refractivity contribution in [2.45, 2.75) is 6.42 Å². The van der Waals surface area contributed by atoms with Gasteiger partial charge in [-0.15, -0.1) is 0 Å². The van der Waals surface area contributed by atoms with Gasteiger partial charge in [-0.05, 0) is 0 Å². The highest BCUT2D eigenvalue weighted by Crippen LogP contribution is 2.32. The molecular formula is C7H11NO3S. The van der Waals surface area contributed by atoms with Crippen LogP contribution in [0.5, 0.6) is 10.9 Å². The fourth-order valence-corrected chi connectivity index (χ4v) is 1.65. The van der Waals surface area contributed by atoms with Crippen molar-refractivity contribution in [1.82, 2.24) is 4.37 Å². The van der Waals surface area contributed by atoms with Crippen LogP contribution in [0.3, 0.4) is 0 Å². The summed E-state index contributed by atoms with van der Waals surface area (Å²) in [5.41, 5.74) is 0.840. The second kappa shape index (κ2) is 4.27. The number of aliphatic hydroxyl groups excluding tert-OH is 1. The van der Waals surface area contributed by atoms with Crippen LogP contribution in [0, 0.1) is 0 Å². The Hall–Kier alpha value is -0.810. The van der Waals surface area contributed by atoms with Gasteiger partial charge in [-0.25, -0.2) is 0 Å². The van der Waals surface area contributed by atoms with E-state index in [-0.39, 0.29) is 6.61 Å². The Morgan fingerprint density at radius 1 is 1.42 bits per heavy atom. The maximum absolute atomic E-state index is 8.74. The third-order valence-electron chi connectivity index (χ3n) is 1.46. The summed E-state index contributed by atoms with van der Waals surface area (Å²) in [5, 5.41) is 9.45. The minimum atomic E-state index is 0.0745.